The van der Waals surface area contributed by atoms with Crippen LogP contribution in [0.1, 0.15) is 16.1 Å². The summed E-state index contributed by atoms with van der Waals surface area (Å²) in [6.07, 6.45) is -5.14. The van der Waals surface area contributed by atoms with E-state index in [1.807, 2.05) is 0 Å². The van der Waals surface area contributed by atoms with Crippen LogP contribution in [0.15, 0.2) is 21.7 Å². The molecule has 0 saturated carbocycles. The number of nitrogens with zero attached hydrogens (tertiary/aromatic N) is 1. The Morgan fingerprint density at radius 2 is 1.83 bits per heavy atom. The number of hydrogen-bond acceptors (Lipinski definition) is 3. The first-order valence-corrected chi connectivity index (χ1v) is 6.80. The lowest BCUT2D eigenvalue weighted by atomic mass is 10.0. The number of hydrogen-bond donors (Lipinski definition) is 1. The number of carbonyl (C=O) groups excluding carboxylic acids is 1. The van der Waals surface area contributed by atoms with Gasteiger partial charge in [-0.25, -0.2) is 9.18 Å². The summed E-state index contributed by atoms with van der Waals surface area (Å²) >= 11 is 10.8. The molecule has 128 valence electrons. The van der Waals surface area contributed by atoms with Crippen LogP contribution in [0.2, 0.25) is 5.02 Å². The van der Waals surface area contributed by atoms with Gasteiger partial charge in [0.05, 0.1) is 16.1 Å². The lowest BCUT2D eigenvalue weighted by Gasteiger charge is -2.16. The highest BCUT2D eigenvalue weighted by molar-refractivity contribution is 6.68. The van der Waals surface area contributed by atoms with Crippen molar-refractivity contribution in [1.29, 1.82) is 0 Å². The van der Waals surface area contributed by atoms with Crippen LogP contribution in [0.5, 0.6) is 0 Å². The number of carbonyl (C=O) groups is 1. The highest BCUT2D eigenvalue weighted by Crippen LogP contribution is 2.36. The van der Waals surface area contributed by atoms with Crippen molar-refractivity contribution < 1.29 is 22.4 Å². The van der Waals surface area contributed by atoms with Gasteiger partial charge < -0.3 is 0 Å². The van der Waals surface area contributed by atoms with Gasteiger partial charge in [0.25, 0.3) is 10.8 Å². The molecule has 1 aromatic carbocycles. The topological polar surface area (TPSA) is 71.9 Å². The molecule has 5 nitrogen and oxygen atoms in total. The van der Waals surface area contributed by atoms with Crippen LogP contribution < -0.4 is 11.2 Å². The Morgan fingerprint density at radius 3 is 2.33 bits per heavy atom. The second-order valence-corrected chi connectivity index (χ2v) is 5.38. The number of aromatic amines is 1. The summed E-state index contributed by atoms with van der Waals surface area (Å²) in [5, 5.41) is -1.60. The first-order valence-electron chi connectivity index (χ1n) is 6.05. The standard InChI is InChI=1S/C13H6Cl2F4N2O3/c1-21-9(13(17,18)19)8(11(23)20-12(21)24)5-2-4(10(15)22)6(14)3-7(5)16/h2-3H,1H3,(H,20,23,24). The molecule has 1 aromatic heterocycles. The predicted octanol–water partition coefficient (Wildman–Crippen LogP) is 2.93. The summed E-state index contributed by atoms with van der Waals surface area (Å²) < 4.78 is 54.0. The summed E-state index contributed by atoms with van der Waals surface area (Å²) in [5.41, 5.74) is -7.01. The average molecular weight is 385 g/mol. The summed E-state index contributed by atoms with van der Waals surface area (Å²) in [6, 6.07) is 1.18. The Kier molecular flexibility index (Phi) is 4.60. The van der Waals surface area contributed by atoms with E-state index in [-0.39, 0.29) is 4.57 Å². The van der Waals surface area contributed by atoms with Crippen molar-refractivity contribution in [3.05, 3.63) is 55.1 Å². The predicted molar refractivity (Wildman–Crippen MR) is 77.9 cm³/mol. The maximum absolute atomic E-state index is 14.1. The van der Waals surface area contributed by atoms with Crippen LogP contribution in [0, 0.1) is 5.82 Å². The van der Waals surface area contributed by atoms with E-state index in [0.29, 0.717) is 12.1 Å². The molecule has 0 amide bonds. The molecule has 0 aliphatic heterocycles. The van der Waals surface area contributed by atoms with Crippen LogP contribution >= 0.6 is 23.2 Å². The van der Waals surface area contributed by atoms with E-state index in [4.69, 9.17) is 23.2 Å². The fourth-order valence-corrected chi connectivity index (χ4v) is 2.53. The van der Waals surface area contributed by atoms with Crippen molar-refractivity contribution in [3.63, 3.8) is 0 Å². The summed E-state index contributed by atoms with van der Waals surface area (Å²) in [5.74, 6) is -1.30. The van der Waals surface area contributed by atoms with E-state index >= 15 is 0 Å². The molecule has 0 spiro atoms. The van der Waals surface area contributed by atoms with E-state index in [9.17, 15) is 31.9 Å². The minimum atomic E-state index is -5.14. The van der Waals surface area contributed by atoms with E-state index < -0.39 is 55.9 Å². The zero-order valence-corrected chi connectivity index (χ0v) is 13.1. The number of rotatable bonds is 2. The van der Waals surface area contributed by atoms with Crippen molar-refractivity contribution >= 4 is 28.4 Å². The Bertz CT molecular complexity index is 963. The van der Waals surface area contributed by atoms with Crippen molar-refractivity contribution in [2.24, 2.45) is 7.05 Å². The fraction of sp³-hybridized carbons (Fsp3) is 0.154. The molecule has 0 aliphatic rings. The summed E-state index contributed by atoms with van der Waals surface area (Å²) in [7, 11) is 0.756. The molecule has 0 fully saturated rings. The molecule has 1 N–H and O–H groups in total. The second-order valence-electron chi connectivity index (χ2n) is 4.63. The molecule has 0 radical (unpaired) electrons. The fourth-order valence-electron chi connectivity index (χ4n) is 2.09. The van der Waals surface area contributed by atoms with Gasteiger partial charge in [-0.2, -0.15) is 13.2 Å². The van der Waals surface area contributed by atoms with Crippen LogP contribution in [-0.2, 0) is 13.2 Å². The van der Waals surface area contributed by atoms with Gasteiger partial charge in [-0.1, -0.05) is 11.6 Å². The monoisotopic (exact) mass is 384 g/mol. The van der Waals surface area contributed by atoms with Crippen LogP contribution in [0.4, 0.5) is 17.6 Å². The van der Waals surface area contributed by atoms with Crippen LogP contribution in [-0.4, -0.2) is 14.8 Å². The van der Waals surface area contributed by atoms with Crippen molar-refractivity contribution in [2.45, 2.75) is 6.18 Å². The minimum Gasteiger partial charge on any atom is -0.292 e. The zero-order chi connectivity index (χ0) is 18.4. The van der Waals surface area contributed by atoms with Gasteiger partial charge in [0.15, 0.2) is 0 Å². The highest BCUT2D eigenvalue weighted by Gasteiger charge is 2.39. The molecule has 0 bridgehead atoms. The molecule has 0 atom stereocenters. The van der Waals surface area contributed by atoms with Gasteiger partial charge in [-0.05, 0) is 23.7 Å². The number of benzene rings is 1. The molecule has 1 heterocycles. The van der Waals surface area contributed by atoms with E-state index in [0.717, 1.165) is 7.05 Å². The normalized spacial score (nSPS) is 11.6. The summed E-state index contributed by atoms with van der Waals surface area (Å²) in [6.45, 7) is 0. The second kappa shape index (κ2) is 6.06. The van der Waals surface area contributed by atoms with E-state index in [2.05, 4.69) is 0 Å². The zero-order valence-electron chi connectivity index (χ0n) is 11.6. The quantitative estimate of drug-likeness (QED) is 0.639. The Morgan fingerprint density at radius 1 is 1.25 bits per heavy atom. The first kappa shape index (κ1) is 18.2. The van der Waals surface area contributed by atoms with Gasteiger partial charge in [0, 0.05) is 12.6 Å². The molecular weight excluding hydrogens is 379 g/mol. The largest absolute Gasteiger partial charge is 0.432 e. The van der Waals surface area contributed by atoms with Gasteiger partial charge in [-0.15, -0.1) is 0 Å². The molecule has 0 aliphatic carbocycles. The SMILES string of the molecule is Cn1c(C(F)(F)F)c(-c2cc(C(=O)Cl)c(Cl)cc2F)c(=O)[nH]c1=O. The lowest BCUT2D eigenvalue weighted by Crippen LogP contribution is -2.35. The molecule has 0 saturated heterocycles. The number of alkyl halides is 3. The number of H-pyrrole nitrogens is 1. The van der Waals surface area contributed by atoms with Crippen molar-refractivity contribution in [2.75, 3.05) is 0 Å². The smallest absolute Gasteiger partial charge is 0.292 e. The lowest BCUT2D eigenvalue weighted by molar-refractivity contribution is -0.143. The average Bonchev–Trinajstić information content (AvgIpc) is 2.41. The van der Waals surface area contributed by atoms with Crippen LogP contribution in [0.3, 0.4) is 0 Å². The number of halogens is 6. The van der Waals surface area contributed by atoms with Gasteiger partial charge in [0.2, 0.25) is 0 Å². The molecule has 2 aromatic rings. The third-order valence-corrected chi connectivity index (χ3v) is 3.65. The number of aromatic nitrogens is 2. The number of nitrogens with one attached hydrogen (secondary N) is 1. The van der Waals surface area contributed by atoms with Crippen LogP contribution in [0.25, 0.3) is 11.1 Å². The Balaban J connectivity index is 3.01. The minimum absolute atomic E-state index is 0.118. The third-order valence-electron chi connectivity index (χ3n) is 3.13. The first-order chi connectivity index (χ1) is 10.9. The molecule has 2 rings (SSSR count). The Labute approximate surface area is 140 Å². The van der Waals surface area contributed by atoms with Gasteiger partial charge >= 0.3 is 11.9 Å². The molecule has 0 unspecified atom stereocenters. The van der Waals surface area contributed by atoms with Gasteiger partial charge in [-0.3, -0.25) is 19.1 Å². The molecule has 11 heteroatoms. The maximum Gasteiger partial charge on any atom is 0.432 e. The van der Waals surface area contributed by atoms with E-state index in [1.54, 1.807) is 4.98 Å². The summed E-state index contributed by atoms with van der Waals surface area (Å²) in [4.78, 5) is 36.2. The molecule has 24 heavy (non-hydrogen) atoms. The highest BCUT2D eigenvalue weighted by atomic mass is 35.5. The van der Waals surface area contributed by atoms with Crippen molar-refractivity contribution in [3.8, 4) is 11.1 Å². The molecular formula is C13H6Cl2F4N2O3. The van der Waals surface area contributed by atoms with Crippen molar-refractivity contribution in [1.82, 2.24) is 9.55 Å². The van der Waals surface area contributed by atoms with E-state index in [1.165, 1.54) is 0 Å². The third kappa shape index (κ3) is 3.09. The Hall–Kier alpha value is -2.13. The maximum atomic E-state index is 14.1. The van der Waals surface area contributed by atoms with Gasteiger partial charge in [0.1, 0.15) is 11.5 Å².